The van der Waals surface area contributed by atoms with E-state index in [0.717, 1.165) is 28.7 Å². The first kappa shape index (κ1) is 16.6. The van der Waals surface area contributed by atoms with E-state index in [1.165, 1.54) is 16.8 Å². The molecule has 0 saturated carbocycles. The molecule has 0 spiro atoms. The zero-order chi connectivity index (χ0) is 18.9. The van der Waals surface area contributed by atoms with Crippen LogP contribution in [0.3, 0.4) is 0 Å². The van der Waals surface area contributed by atoms with Crippen molar-refractivity contribution in [3.8, 4) is 5.69 Å². The fraction of sp³-hybridized carbons (Fsp3) is 0.0769. The Morgan fingerprint density at radius 3 is 2.32 bits per heavy atom. The van der Waals surface area contributed by atoms with Gasteiger partial charge < -0.3 is 10.3 Å². The monoisotopic (exact) mass is 362 g/mol. The molecule has 2 heteroatoms. The third-order valence-electron chi connectivity index (χ3n) is 5.50. The summed E-state index contributed by atoms with van der Waals surface area (Å²) in [4.78, 5) is 0. The van der Waals surface area contributed by atoms with E-state index < -0.39 is 0 Å². The second kappa shape index (κ2) is 6.90. The Kier molecular flexibility index (Phi) is 4.10. The number of benzene rings is 3. The van der Waals surface area contributed by atoms with E-state index in [0.29, 0.717) is 5.92 Å². The summed E-state index contributed by atoms with van der Waals surface area (Å²) in [6.07, 6.45) is 10.1. The summed E-state index contributed by atoms with van der Waals surface area (Å²) in [6.45, 7) is 0. The molecule has 5 rings (SSSR count). The van der Waals surface area contributed by atoms with E-state index in [1.54, 1.807) is 0 Å². The van der Waals surface area contributed by atoms with E-state index in [4.69, 9.17) is 5.73 Å². The Balaban J connectivity index is 1.75. The molecule has 0 aliphatic heterocycles. The van der Waals surface area contributed by atoms with Gasteiger partial charge in [-0.05, 0) is 42.3 Å². The van der Waals surface area contributed by atoms with E-state index in [-0.39, 0.29) is 0 Å². The first-order valence-corrected chi connectivity index (χ1v) is 9.71. The van der Waals surface area contributed by atoms with Gasteiger partial charge >= 0.3 is 0 Å². The zero-order valence-electron chi connectivity index (χ0n) is 15.6. The molecular weight excluding hydrogens is 340 g/mol. The summed E-state index contributed by atoms with van der Waals surface area (Å²) >= 11 is 0. The molecule has 0 radical (unpaired) electrons. The smallest absolute Gasteiger partial charge is 0.0561 e. The molecule has 1 unspecified atom stereocenters. The van der Waals surface area contributed by atoms with Gasteiger partial charge in [-0.15, -0.1) is 0 Å². The minimum Gasteiger partial charge on any atom is -0.398 e. The Bertz CT molecular complexity index is 1180. The molecule has 3 aromatic carbocycles. The Morgan fingerprint density at radius 2 is 1.54 bits per heavy atom. The fourth-order valence-corrected chi connectivity index (χ4v) is 4.17. The van der Waals surface area contributed by atoms with E-state index in [9.17, 15) is 0 Å². The lowest BCUT2D eigenvalue weighted by molar-refractivity contribution is 0.868. The number of hydrogen-bond acceptors (Lipinski definition) is 1. The molecule has 1 aliphatic carbocycles. The molecule has 2 nitrogen and oxygen atoms in total. The molecule has 1 heterocycles. The van der Waals surface area contributed by atoms with Crippen molar-refractivity contribution < 1.29 is 0 Å². The fourth-order valence-electron chi connectivity index (χ4n) is 4.17. The predicted molar refractivity (Wildman–Crippen MR) is 120 cm³/mol. The van der Waals surface area contributed by atoms with Crippen molar-refractivity contribution in [1.29, 1.82) is 0 Å². The van der Waals surface area contributed by atoms with Crippen LogP contribution in [0.25, 0.3) is 28.7 Å². The van der Waals surface area contributed by atoms with Crippen molar-refractivity contribution in [1.82, 2.24) is 4.57 Å². The summed E-state index contributed by atoms with van der Waals surface area (Å²) in [5.41, 5.74) is 13.3. The molecule has 1 aromatic heterocycles. The second-order valence-corrected chi connectivity index (χ2v) is 7.23. The molecule has 0 fully saturated rings. The summed E-state index contributed by atoms with van der Waals surface area (Å²) in [5.74, 6) is 0.366. The highest BCUT2D eigenvalue weighted by Crippen LogP contribution is 2.37. The van der Waals surface area contributed by atoms with Gasteiger partial charge in [0, 0.05) is 28.2 Å². The number of allylic oxidation sites excluding steroid dienone is 2. The number of para-hydroxylation sites is 1. The maximum absolute atomic E-state index is 6.44. The molecule has 4 aromatic rings. The standard InChI is InChI=1S/C26H22N2/c27-23-14-8-16-25-26(23)22-18-17-20(19-9-3-1-4-10-19)11-7-15-24(22)28(25)21-12-5-2-6-13-21/h1-10,12-18,20H,11,27H2. The zero-order valence-corrected chi connectivity index (χ0v) is 15.6. The predicted octanol–water partition coefficient (Wildman–Crippen LogP) is 6.43. The van der Waals surface area contributed by atoms with Crippen LogP contribution >= 0.6 is 0 Å². The number of nitrogens with zero attached hydrogens (tertiary/aromatic N) is 1. The van der Waals surface area contributed by atoms with Gasteiger partial charge in [-0.1, -0.05) is 72.8 Å². The molecule has 28 heavy (non-hydrogen) atoms. The molecule has 1 atom stereocenters. The van der Waals surface area contributed by atoms with Gasteiger partial charge in [0.2, 0.25) is 0 Å². The number of aromatic nitrogens is 1. The highest BCUT2D eigenvalue weighted by Gasteiger charge is 2.18. The number of nitrogen functional groups attached to an aromatic ring is 1. The van der Waals surface area contributed by atoms with Gasteiger partial charge in [-0.2, -0.15) is 0 Å². The first-order valence-electron chi connectivity index (χ1n) is 9.71. The average Bonchev–Trinajstić information content (AvgIpc) is 3.03. The van der Waals surface area contributed by atoms with Gasteiger partial charge in [-0.25, -0.2) is 0 Å². The van der Waals surface area contributed by atoms with Crippen molar-refractivity contribution in [2.45, 2.75) is 12.3 Å². The number of fused-ring (bicyclic) bond motifs is 3. The Hall–Kier alpha value is -3.52. The SMILES string of the molecule is Nc1cccc2c1c1c(n2-c2ccccc2)C=CCC(c2ccccc2)C=C1. The quantitative estimate of drug-likeness (QED) is 0.409. The van der Waals surface area contributed by atoms with Crippen LogP contribution in [-0.2, 0) is 0 Å². The van der Waals surface area contributed by atoms with Gasteiger partial charge in [0.25, 0.3) is 0 Å². The van der Waals surface area contributed by atoms with Crippen LogP contribution < -0.4 is 5.73 Å². The lowest BCUT2D eigenvalue weighted by Gasteiger charge is -2.14. The van der Waals surface area contributed by atoms with Gasteiger partial charge in [0.05, 0.1) is 11.2 Å². The van der Waals surface area contributed by atoms with Crippen LogP contribution in [0.1, 0.15) is 29.2 Å². The van der Waals surface area contributed by atoms with Crippen LogP contribution in [0.4, 0.5) is 5.69 Å². The van der Waals surface area contributed by atoms with Crippen LogP contribution in [0.5, 0.6) is 0 Å². The van der Waals surface area contributed by atoms with E-state index in [2.05, 4.69) is 89.5 Å². The molecule has 0 saturated heterocycles. The lowest BCUT2D eigenvalue weighted by Crippen LogP contribution is -1.99. The van der Waals surface area contributed by atoms with E-state index in [1.807, 2.05) is 18.2 Å². The first-order chi connectivity index (χ1) is 13.8. The van der Waals surface area contributed by atoms with Crippen LogP contribution in [0, 0.1) is 0 Å². The molecule has 0 amide bonds. The topological polar surface area (TPSA) is 30.9 Å². The second-order valence-electron chi connectivity index (χ2n) is 7.23. The van der Waals surface area contributed by atoms with Gasteiger partial charge in [-0.3, -0.25) is 0 Å². The maximum Gasteiger partial charge on any atom is 0.0561 e. The normalized spacial score (nSPS) is 15.9. The van der Waals surface area contributed by atoms with Crippen molar-refractivity contribution >= 4 is 28.7 Å². The Morgan fingerprint density at radius 1 is 0.786 bits per heavy atom. The van der Waals surface area contributed by atoms with Crippen molar-refractivity contribution in [2.24, 2.45) is 0 Å². The molecule has 136 valence electrons. The highest BCUT2D eigenvalue weighted by atomic mass is 15.0. The summed E-state index contributed by atoms with van der Waals surface area (Å²) < 4.78 is 2.31. The number of rotatable bonds is 2. The summed E-state index contributed by atoms with van der Waals surface area (Å²) in [6, 6.07) is 27.4. The third-order valence-corrected chi connectivity index (χ3v) is 5.50. The number of anilines is 1. The molecule has 0 bridgehead atoms. The largest absolute Gasteiger partial charge is 0.398 e. The molecular formula is C26H22N2. The summed E-state index contributed by atoms with van der Waals surface area (Å²) in [7, 11) is 0. The summed E-state index contributed by atoms with van der Waals surface area (Å²) in [5, 5.41) is 1.12. The van der Waals surface area contributed by atoms with E-state index >= 15 is 0 Å². The molecule has 2 N–H and O–H groups in total. The molecule has 1 aliphatic rings. The maximum atomic E-state index is 6.44. The minimum atomic E-state index is 0.366. The van der Waals surface area contributed by atoms with Gasteiger partial charge in [0.15, 0.2) is 0 Å². The lowest BCUT2D eigenvalue weighted by atomic mass is 9.92. The van der Waals surface area contributed by atoms with Crippen molar-refractivity contribution in [2.75, 3.05) is 5.73 Å². The Labute approximate surface area is 165 Å². The van der Waals surface area contributed by atoms with Crippen molar-refractivity contribution in [3.05, 3.63) is 108 Å². The van der Waals surface area contributed by atoms with Gasteiger partial charge in [0.1, 0.15) is 0 Å². The average molecular weight is 362 g/mol. The minimum absolute atomic E-state index is 0.366. The van der Waals surface area contributed by atoms with Crippen LogP contribution in [0.2, 0.25) is 0 Å². The number of hydrogen-bond donors (Lipinski definition) is 1. The number of nitrogens with two attached hydrogens (primary N) is 1. The van der Waals surface area contributed by atoms with Crippen LogP contribution in [0.15, 0.2) is 91.0 Å². The van der Waals surface area contributed by atoms with Crippen molar-refractivity contribution in [3.63, 3.8) is 0 Å². The van der Waals surface area contributed by atoms with Crippen LogP contribution in [-0.4, -0.2) is 4.57 Å². The highest BCUT2D eigenvalue weighted by molar-refractivity contribution is 6.02. The third kappa shape index (κ3) is 2.74.